The molecule has 0 aliphatic carbocycles. The SMILES string of the molecule is O=C1CCCCN1CCN1CCN(c2cccc(SC(F)(F)F)c2)CC1. The highest BCUT2D eigenvalue weighted by Gasteiger charge is 2.29. The molecule has 0 N–H and O–H groups in total. The van der Waals surface area contributed by atoms with E-state index in [9.17, 15) is 18.0 Å². The molecule has 0 bridgehead atoms. The lowest BCUT2D eigenvalue weighted by atomic mass is 10.1. The maximum absolute atomic E-state index is 12.5. The van der Waals surface area contributed by atoms with Crippen molar-refractivity contribution in [2.24, 2.45) is 0 Å². The highest BCUT2D eigenvalue weighted by atomic mass is 32.2. The van der Waals surface area contributed by atoms with Crippen LogP contribution >= 0.6 is 11.8 Å². The van der Waals surface area contributed by atoms with E-state index < -0.39 is 5.51 Å². The maximum atomic E-state index is 12.5. The van der Waals surface area contributed by atoms with E-state index in [-0.39, 0.29) is 22.6 Å². The second-order valence-electron chi connectivity index (χ2n) is 6.71. The Kier molecular flexibility index (Phi) is 6.34. The normalized spacial score (nSPS) is 19.9. The van der Waals surface area contributed by atoms with Gasteiger partial charge in [0.15, 0.2) is 0 Å². The number of amides is 1. The van der Waals surface area contributed by atoms with Crippen molar-refractivity contribution in [3.8, 4) is 0 Å². The van der Waals surface area contributed by atoms with Gasteiger partial charge >= 0.3 is 5.51 Å². The molecule has 2 aliphatic heterocycles. The molecule has 1 amide bonds. The Morgan fingerprint density at radius 1 is 1.00 bits per heavy atom. The molecule has 4 nitrogen and oxygen atoms in total. The number of halogens is 3. The molecule has 8 heteroatoms. The van der Waals surface area contributed by atoms with Crippen molar-refractivity contribution in [2.45, 2.75) is 29.7 Å². The first-order chi connectivity index (χ1) is 12.4. The molecule has 0 aromatic heterocycles. The number of anilines is 1. The molecule has 0 radical (unpaired) electrons. The number of carbonyl (C=O) groups excluding carboxylic acids is 1. The lowest BCUT2D eigenvalue weighted by Crippen LogP contribution is -2.49. The van der Waals surface area contributed by atoms with Gasteiger partial charge in [-0.25, -0.2) is 0 Å². The molecule has 2 aliphatic rings. The average Bonchev–Trinajstić information content (AvgIpc) is 2.60. The molecule has 2 heterocycles. The van der Waals surface area contributed by atoms with Crippen molar-refractivity contribution in [1.82, 2.24) is 9.80 Å². The predicted molar refractivity (Wildman–Crippen MR) is 97.4 cm³/mol. The van der Waals surface area contributed by atoms with Gasteiger partial charge in [-0.2, -0.15) is 13.2 Å². The van der Waals surface area contributed by atoms with E-state index in [0.29, 0.717) is 6.42 Å². The van der Waals surface area contributed by atoms with Crippen LogP contribution in [0.1, 0.15) is 19.3 Å². The molecule has 0 unspecified atom stereocenters. The molecule has 0 atom stereocenters. The predicted octanol–water partition coefficient (Wildman–Crippen LogP) is 3.43. The van der Waals surface area contributed by atoms with E-state index in [2.05, 4.69) is 9.80 Å². The largest absolute Gasteiger partial charge is 0.446 e. The third kappa shape index (κ3) is 5.54. The Hall–Kier alpha value is -1.41. The van der Waals surface area contributed by atoms with E-state index in [1.165, 1.54) is 6.07 Å². The summed E-state index contributed by atoms with van der Waals surface area (Å²) in [7, 11) is 0. The van der Waals surface area contributed by atoms with Crippen LogP contribution < -0.4 is 4.90 Å². The number of hydrogen-bond acceptors (Lipinski definition) is 4. The van der Waals surface area contributed by atoms with Crippen LogP contribution in [0.2, 0.25) is 0 Å². The van der Waals surface area contributed by atoms with Crippen molar-refractivity contribution in [3.63, 3.8) is 0 Å². The van der Waals surface area contributed by atoms with Gasteiger partial charge in [-0.15, -0.1) is 0 Å². The first-order valence-electron chi connectivity index (χ1n) is 9.02. The van der Waals surface area contributed by atoms with Crippen molar-refractivity contribution in [3.05, 3.63) is 24.3 Å². The van der Waals surface area contributed by atoms with Crippen molar-refractivity contribution in [2.75, 3.05) is 50.7 Å². The van der Waals surface area contributed by atoms with Gasteiger partial charge in [0, 0.05) is 62.8 Å². The van der Waals surface area contributed by atoms with Crippen LogP contribution in [-0.4, -0.2) is 67.0 Å². The van der Waals surface area contributed by atoms with Gasteiger partial charge in [0.1, 0.15) is 0 Å². The Balaban J connectivity index is 1.47. The summed E-state index contributed by atoms with van der Waals surface area (Å²) in [6.07, 6.45) is 2.76. The summed E-state index contributed by atoms with van der Waals surface area (Å²) < 4.78 is 37.6. The van der Waals surface area contributed by atoms with Gasteiger partial charge < -0.3 is 9.80 Å². The molecule has 2 fully saturated rings. The van der Waals surface area contributed by atoms with Gasteiger partial charge in [0.25, 0.3) is 0 Å². The minimum atomic E-state index is -4.26. The monoisotopic (exact) mass is 387 g/mol. The number of carbonyl (C=O) groups is 1. The summed E-state index contributed by atoms with van der Waals surface area (Å²) in [5.74, 6) is 0.258. The summed E-state index contributed by atoms with van der Waals surface area (Å²) in [6.45, 7) is 5.79. The zero-order valence-electron chi connectivity index (χ0n) is 14.7. The van der Waals surface area contributed by atoms with Crippen molar-refractivity contribution < 1.29 is 18.0 Å². The van der Waals surface area contributed by atoms with E-state index >= 15 is 0 Å². The number of rotatable bonds is 5. The minimum absolute atomic E-state index is 0.0710. The van der Waals surface area contributed by atoms with Crippen molar-refractivity contribution in [1.29, 1.82) is 0 Å². The fourth-order valence-electron chi connectivity index (χ4n) is 3.47. The molecule has 144 valence electrons. The number of likely N-dealkylation sites (tertiary alicyclic amines) is 1. The van der Waals surface area contributed by atoms with E-state index in [0.717, 1.165) is 64.3 Å². The summed E-state index contributed by atoms with van der Waals surface area (Å²) in [5.41, 5.74) is -3.42. The van der Waals surface area contributed by atoms with Crippen LogP contribution in [-0.2, 0) is 4.79 Å². The first-order valence-corrected chi connectivity index (χ1v) is 9.83. The molecular formula is C18H24F3N3OS. The van der Waals surface area contributed by atoms with Gasteiger partial charge in [-0.1, -0.05) is 6.07 Å². The zero-order valence-corrected chi connectivity index (χ0v) is 15.5. The van der Waals surface area contributed by atoms with E-state index in [1.807, 2.05) is 11.0 Å². The maximum Gasteiger partial charge on any atom is 0.446 e. The molecule has 1 aromatic carbocycles. The lowest BCUT2D eigenvalue weighted by molar-refractivity contribution is -0.133. The molecular weight excluding hydrogens is 363 g/mol. The quantitative estimate of drug-likeness (QED) is 0.724. The lowest BCUT2D eigenvalue weighted by Gasteiger charge is -2.37. The fraction of sp³-hybridized carbons (Fsp3) is 0.611. The number of alkyl halides is 3. The second-order valence-corrected chi connectivity index (χ2v) is 7.85. The van der Waals surface area contributed by atoms with E-state index in [4.69, 9.17) is 0 Å². The van der Waals surface area contributed by atoms with Crippen molar-refractivity contribution >= 4 is 23.4 Å². The molecule has 26 heavy (non-hydrogen) atoms. The molecule has 2 saturated heterocycles. The Bertz CT molecular complexity index is 618. The first kappa shape index (κ1) is 19.4. The fourth-order valence-corrected chi connectivity index (χ4v) is 4.06. The standard InChI is InChI=1S/C18H24F3N3OS/c19-18(20,21)26-16-5-3-4-15(14-16)23-11-8-22(9-12-23)10-13-24-7-2-1-6-17(24)25/h3-5,14H,1-2,6-13H2. The Morgan fingerprint density at radius 3 is 2.46 bits per heavy atom. The smallest absolute Gasteiger partial charge is 0.369 e. The summed E-state index contributed by atoms with van der Waals surface area (Å²) >= 11 is -0.0710. The topological polar surface area (TPSA) is 26.8 Å². The number of nitrogens with zero attached hydrogens (tertiary/aromatic N) is 3. The molecule has 1 aromatic rings. The third-order valence-electron chi connectivity index (χ3n) is 4.90. The zero-order chi connectivity index (χ0) is 18.6. The number of hydrogen-bond donors (Lipinski definition) is 0. The van der Waals surface area contributed by atoms with Crippen LogP contribution in [0.15, 0.2) is 29.2 Å². The van der Waals surface area contributed by atoms with Crippen LogP contribution in [0.4, 0.5) is 18.9 Å². The van der Waals surface area contributed by atoms with Crippen LogP contribution in [0.25, 0.3) is 0 Å². The number of piperidine rings is 1. The third-order valence-corrected chi connectivity index (χ3v) is 5.62. The van der Waals surface area contributed by atoms with Crippen LogP contribution in [0, 0.1) is 0 Å². The van der Waals surface area contributed by atoms with E-state index in [1.54, 1.807) is 12.1 Å². The number of thioether (sulfide) groups is 1. The van der Waals surface area contributed by atoms with Gasteiger partial charge in [0.05, 0.1) is 0 Å². The summed E-state index contributed by atoms with van der Waals surface area (Å²) in [5, 5.41) is 0. The molecule has 3 rings (SSSR count). The highest BCUT2D eigenvalue weighted by Crippen LogP contribution is 2.38. The average molecular weight is 387 g/mol. The molecule has 0 saturated carbocycles. The number of piperazine rings is 1. The van der Waals surface area contributed by atoms with Gasteiger partial charge in [-0.05, 0) is 42.8 Å². The minimum Gasteiger partial charge on any atom is -0.369 e. The molecule has 0 spiro atoms. The van der Waals surface area contributed by atoms with Gasteiger partial charge in [-0.3, -0.25) is 9.69 Å². The van der Waals surface area contributed by atoms with Crippen LogP contribution in [0.5, 0.6) is 0 Å². The van der Waals surface area contributed by atoms with Crippen LogP contribution in [0.3, 0.4) is 0 Å². The Morgan fingerprint density at radius 2 is 1.77 bits per heavy atom. The van der Waals surface area contributed by atoms with Gasteiger partial charge in [0.2, 0.25) is 5.91 Å². The Labute approximate surface area is 156 Å². The number of benzene rings is 1. The second kappa shape index (κ2) is 8.52. The summed E-state index contributed by atoms with van der Waals surface area (Å²) in [6, 6.07) is 6.65. The highest BCUT2D eigenvalue weighted by molar-refractivity contribution is 8.00. The summed E-state index contributed by atoms with van der Waals surface area (Å²) in [4.78, 5) is 18.5.